The Kier molecular flexibility index (Phi) is 4.59. The fraction of sp³-hybridized carbons (Fsp3) is 0.917. The number of ketones is 1. The highest BCUT2D eigenvalue weighted by Gasteiger charge is 2.23. The summed E-state index contributed by atoms with van der Waals surface area (Å²) in [7, 11) is 0. The molecule has 1 N–H and O–H groups in total. The smallest absolute Gasteiger partial charge is 0.158 e. The third kappa shape index (κ3) is 3.41. The van der Waals surface area contributed by atoms with E-state index in [9.17, 15) is 9.90 Å². The van der Waals surface area contributed by atoms with Gasteiger partial charge in [-0.05, 0) is 25.2 Å². The lowest BCUT2D eigenvalue weighted by Crippen LogP contribution is -2.27. The number of aliphatic hydroxyl groups excluding tert-OH is 1. The Morgan fingerprint density at radius 2 is 1.93 bits per heavy atom. The van der Waals surface area contributed by atoms with E-state index in [4.69, 9.17) is 0 Å². The lowest BCUT2D eigenvalue weighted by Gasteiger charge is -2.26. The lowest BCUT2D eigenvalue weighted by molar-refractivity contribution is -0.127. The van der Waals surface area contributed by atoms with Crippen molar-refractivity contribution in [1.82, 2.24) is 0 Å². The number of rotatable bonds is 4. The van der Waals surface area contributed by atoms with Crippen LogP contribution in [-0.4, -0.2) is 17.0 Å². The summed E-state index contributed by atoms with van der Waals surface area (Å²) < 4.78 is 0. The van der Waals surface area contributed by atoms with Crippen molar-refractivity contribution in [3.05, 3.63) is 0 Å². The summed E-state index contributed by atoms with van der Waals surface area (Å²) in [4.78, 5) is 11.0. The molecule has 1 saturated carbocycles. The molecular formula is C12H22O2. The molecular weight excluding hydrogens is 176 g/mol. The first-order valence-electron chi connectivity index (χ1n) is 5.79. The average Bonchev–Trinajstić information content (AvgIpc) is 2.18. The van der Waals surface area contributed by atoms with Gasteiger partial charge in [-0.2, -0.15) is 0 Å². The Morgan fingerprint density at radius 3 is 2.43 bits per heavy atom. The maximum absolute atomic E-state index is 11.0. The third-order valence-electron chi connectivity index (χ3n) is 3.39. The Bertz CT molecular complexity index is 183. The average molecular weight is 198 g/mol. The highest BCUT2D eigenvalue weighted by molar-refractivity contribution is 5.80. The molecule has 2 atom stereocenters. The van der Waals surface area contributed by atoms with E-state index in [0.717, 1.165) is 12.3 Å². The molecule has 0 unspecified atom stereocenters. The molecule has 1 aliphatic rings. The normalized spacial score (nSPS) is 23.1. The zero-order chi connectivity index (χ0) is 10.6. The quantitative estimate of drug-likeness (QED) is 0.753. The van der Waals surface area contributed by atoms with Gasteiger partial charge in [-0.3, -0.25) is 4.79 Å². The first kappa shape index (κ1) is 11.7. The molecule has 0 bridgehead atoms. The van der Waals surface area contributed by atoms with Crippen LogP contribution in [0.15, 0.2) is 0 Å². The number of carbonyl (C=O) groups is 1. The van der Waals surface area contributed by atoms with Crippen LogP contribution in [0.3, 0.4) is 0 Å². The van der Waals surface area contributed by atoms with Crippen LogP contribution in [0.25, 0.3) is 0 Å². The van der Waals surface area contributed by atoms with Gasteiger partial charge < -0.3 is 5.11 Å². The van der Waals surface area contributed by atoms with Gasteiger partial charge in [0.2, 0.25) is 0 Å². The Balaban J connectivity index is 2.31. The summed E-state index contributed by atoms with van der Waals surface area (Å²) in [6.07, 6.45) is 6.86. The van der Waals surface area contributed by atoms with Gasteiger partial charge in [-0.1, -0.05) is 39.0 Å². The van der Waals surface area contributed by atoms with Crippen LogP contribution in [0.1, 0.15) is 52.4 Å². The molecule has 0 radical (unpaired) electrons. The second-order valence-electron chi connectivity index (χ2n) is 4.77. The van der Waals surface area contributed by atoms with E-state index in [1.165, 1.54) is 39.0 Å². The SMILES string of the molecule is CC(=O)[C@H](O)[C@@H](C)CC1CCCCC1. The molecule has 2 nitrogen and oxygen atoms in total. The van der Waals surface area contributed by atoms with Crippen LogP contribution < -0.4 is 0 Å². The minimum Gasteiger partial charge on any atom is -0.385 e. The van der Waals surface area contributed by atoms with E-state index < -0.39 is 6.10 Å². The highest BCUT2D eigenvalue weighted by Crippen LogP contribution is 2.29. The predicted octanol–water partition coefficient (Wildman–Crippen LogP) is 2.54. The van der Waals surface area contributed by atoms with Gasteiger partial charge in [0.1, 0.15) is 6.10 Å². The number of aliphatic hydroxyl groups is 1. The zero-order valence-electron chi connectivity index (χ0n) is 9.33. The molecule has 0 aliphatic heterocycles. The van der Waals surface area contributed by atoms with E-state index in [1.54, 1.807) is 0 Å². The summed E-state index contributed by atoms with van der Waals surface area (Å²) >= 11 is 0. The minimum atomic E-state index is -0.739. The van der Waals surface area contributed by atoms with E-state index in [-0.39, 0.29) is 11.7 Å². The first-order valence-corrected chi connectivity index (χ1v) is 5.79. The van der Waals surface area contributed by atoms with Gasteiger partial charge in [0.05, 0.1) is 0 Å². The van der Waals surface area contributed by atoms with E-state index in [1.807, 2.05) is 6.92 Å². The molecule has 2 heteroatoms. The van der Waals surface area contributed by atoms with Crippen molar-refractivity contribution >= 4 is 5.78 Å². The van der Waals surface area contributed by atoms with E-state index in [0.29, 0.717) is 0 Å². The predicted molar refractivity (Wildman–Crippen MR) is 57.0 cm³/mol. The van der Waals surface area contributed by atoms with Crippen molar-refractivity contribution in [3.8, 4) is 0 Å². The van der Waals surface area contributed by atoms with Crippen molar-refractivity contribution in [1.29, 1.82) is 0 Å². The van der Waals surface area contributed by atoms with Gasteiger partial charge >= 0.3 is 0 Å². The van der Waals surface area contributed by atoms with Crippen LogP contribution >= 0.6 is 0 Å². The first-order chi connectivity index (χ1) is 6.61. The van der Waals surface area contributed by atoms with Crippen LogP contribution in [0.5, 0.6) is 0 Å². The van der Waals surface area contributed by atoms with E-state index in [2.05, 4.69) is 0 Å². The van der Waals surface area contributed by atoms with Crippen molar-refractivity contribution in [2.45, 2.75) is 58.5 Å². The molecule has 0 aromatic carbocycles. The van der Waals surface area contributed by atoms with Crippen LogP contribution in [0, 0.1) is 11.8 Å². The summed E-state index contributed by atoms with van der Waals surface area (Å²) in [5.74, 6) is 0.789. The monoisotopic (exact) mass is 198 g/mol. The number of carbonyl (C=O) groups excluding carboxylic acids is 1. The molecule has 0 saturated heterocycles. The van der Waals surface area contributed by atoms with E-state index >= 15 is 0 Å². The highest BCUT2D eigenvalue weighted by atomic mass is 16.3. The number of hydrogen-bond donors (Lipinski definition) is 1. The number of hydrogen-bond acceptors (Lipinski definition) is 2. The van der Waals surface area contributed by atoms with Gasteiger partial charge in [-0.25, -0.2) is 0 Å². The van der Waals surface area contributed by atoms with Crippen LogP contribution in [-0.2, 0) is 4.79 Å². The standard InChI is InChI=1S/C12H22O2/c1-9(12(14)10(2)13)8-11-6-4-3-5-7-11/h9,11-12,14H,3-8H2,1-2H3/t9-,12+/m0/s1. The summed E-state index contributed by atoms with van der Waals surface area (Å²) in [6, 6.07) is 0. The van der Waals surface area contributed by atoms with Gasteiger partial charge in [0.25, 0.3) is 0 Å². The fourth-order valence-corrected chi connectivity index (χ4v) is 2.48. The molecule has 0 amide bonds. The van der Waals surface area contributed by atoms with Crippen LogP contribution in [0.4, 0.5) is 0 Å². The minimum absolute atomic E-state index is 0.0895. The Morgan fingerprint density at radius 1 is 1.36 bits per heavy atom. The molecule has 0 aromatic heterocycles. The van der Waals surface area contributed by atoms with Gasteiger partial charge in [0, 0.05) is 0 Å². The fourth-order valence-electron chi connectivity index (χ4n) is 2.48. The third-order valence-corrected chi connectivity index (χ3v) is 3.39. The topological polar surface area (TPSA) is 37.3 Å². The largest absolute Gasteiger partial charge is 0.385 e. The van der Waals surface area contributed by atoms with Crippen molar-refractivity contribution in [2.24, 2.45) is 11.8 Å². The van der Waals surface area contributed by atoms with Gasteiger partial charge in [-0.15, -0.1) is 0 Å². The summed E-state index contributed by atoms with van der Waals surface area (Å²) in [6.45, 7) is 3.46. The van der Waals surface area contributed by atoms with Gasteiger partial charge in [0.15, 0.2) is 5.78 Å². The Hall–Kier alpha value is -0.370. The molecule has 1 rings (SSSR count). The molecule has 14 heavy (non-hydrogen) atoms. The second-order valence-corrected chi connectivity index (χ2v) is 4.77. The number of Topliss-reactive ketones (excluding diaryl/α,β-unsaturated/α-hetero) is 1. The molecule has 82 valence electrons. The summed E-state index contributed by atoms with van der Waals surface area (Å²) in [5, 5.41) is 9.58. The van der Waals surface area contributed by atoms with Crippen molar-refractivity contribution in [2.75, 3.05) is 0 Å². The second kappa shape index (κ2) is 5.50. The van der Waals surface area contributed by atoms with Crippen molar-refractivity contribution in [3.63, 3.8) is 0 Å². The Labute approximate surface area is 86.7 Å². The van der Waals surface area contributed by atoms with Crippen molar-refractivity contribution < 1.29 is 9.90 Å². The molecule has 0 spiro atoms. The maximum Gasteiger partial charge on any atom is 0.158 e. The molecule has 1 fully saturated rings. The molecule has 0 heterocycles. The lowest BCUT2D eigenvalue weighted by atomic mass is 9.81. The van der Waals surface area contributed by atoms with Crippen LogP contribution in [0.2, 0.25) is 0 Å². The maximum atomic E-state index is 11.0. The molecule has 0 aromatic rings. The molecule has 1 aliphatic carbocycles. The zero-order valence-corrected chi connectivity index (χ0v) is 9.33. The summed E-state index contributed by atoms with van der Waals surface area (Å²) in [5.41, 5.74) is 0.